The molecule has 1 saturated heterocycles. The van der Waals surface area contributed by atoms with E-state index in [0.717, 1.165) is 18.6 Å². The Labute approximate surface area is 174 Å². The van der Waals surface area contributed by atoms with E-state index in [1.165, 1.54) is 11.0 Å². The van der Waals surface area contributed by atoms with Crippen LogP contribution >= 0.6 is 0 Å². The van der Waals surface area contributed by atoms with Gasteiger partial charge in [-0.3, -0.25) is 9.59 Å². The van der Waals surface area contributed by atoms with E-state index in [2.05, 4.69) is 15.5 Å². The molecule has 0 saturated carbocycles. The Bertz CT molecular complexity index is 974. The van der Waals surface area contributed by atoms with Crippen molar-refractivity contribution in [2.75, 3.05) is 13.1 Å². The van der Waals surface area contributed by atoms with Crippen molar-refractivity contribution >= 4 is 11.7 Å². The van der Waals surface area contributed by atoms with Crippen molar-refractivity contribution in [1.82, 2.24) is 25.1 Å². The van der Waals surface area contributed by atoms with E-state index >= 15 is 0 Å². The number of nitrogens with zero attached hydrogens (tertiary/aromatic N) is 5. The second-order valence-electron chi connectivity index (χ2n) is 7.31. The minimum absolute atomic E-state index is 0.0228. The van der Waals surface area contributed by atoms with E-state index < -0.39 is 0 Å². The molecule has 4 rings (SSSR count). The van der Waals surface area contributed by atoms with Crippen LogP contribution in [0.1, 0.15) is 29.6 Å². The number of hydrogen-bond acceptors (Lipinski definition) is 6. The van der Waals surface area contributed by atoms with Gasteiger partial charge in [0.25, 0.3) is 0 Å². The van der Waals surface area contributed by atoms with Crippen molar-refractivity contribution in [2.24, 2.45) is 5.92 Å². The Balaban J connectivity index is 1.33. The number of piperidine rings is 1. The number of rotatable bonds is 7. The van der Waals surface area contributed by atoms with E-state index in [4.69, 9.17) is 4.74 Å². The topological polar surface area (TPSA) is 90.2 Å². The molecule has 0 spiro atoms. The molecule has 2 heterocycles. The van der Waals surface area contributed by atoms with Gasteiger partial charge in [0.1, 0.15) is 17.8 Å². The van der Waals surface area contributed by atoms with Crippen molar-refractivity contribution in [1.29, 1.82) is 0 Å². The molecule has 0 N–H and O–H groups in total. The fourth-order valence-electron chi connectivity index (χ4n) is 3.62. The summed E-state index contributed by atoms with van der Waals surface area (Å²) in [5.74, 6) is 1.34. The van der Waals surface area contributed by atoms with Crippen LogP contribution in [0.2, 0.25) is 0 Å². The largest absolute Gasteiger partial charge is 0.457 e. The first-order valence-electron chi connectivity index (χ1n) is 10.0. The lowest BCUT2D eigenvalue weighted by Crippen LogP contribution is -2.42. The molecule has 0 aliphatic carbocycles. The lowest BCUT2D eigenvalue weighted by Gasteiger charge is -2.32. The molecule has 1 atom stereocenters. The first-order chi connectivity index (χ1) is 14.7. The van der Waals surface area contributed by atoms with Crippen LogP contribution in [0.15, 0.2) is 60.9 Å². The van der Waals surface area contributed by atoms with E-state index in [-0.39, 0.29) is 17.6 Å². The number of para-hydroxylation sites is 1. The number of amides is 1. The molecule has 1 aromatic heterocycles. The molecule has 0 radical (unpaired) electrons. The number of Topliss-reactive ketones (excluding diaryl/α,β-unsaturated/α-hetero) is 1. The van der Waals surface area contributed by atoms with Crippen LogP contribution in [-0.2, 0) is 11.3 Å². The van der Waals surface area contributed by atoms with Crippen LogP contribution in [0, 0.1) is 5.92 Å². The van der Waals surface area contributed by atoms with Crippen molar-refractivity contribution in [2.45, 2.75) is 25.8 Å². The zero-order valence-corrected chi connectivity index (χ0v) is 16.6. The minimum Gasteiger partial charge on any atom is -0.457 e. The first kappa shape index (κ1) is 19.8. The monoisotopic (exact) mass is 405 g/mol. The predicted octanol–water partition coefficient (Wildman–Crippen LogP) is 2.98. The normalized spacial score (nSPS) is 16.3. The zero-order valence-electron chi connectivity index (χ0n) is 16.6. The van der Waals surface area contributed by atoms with Gasteiger partial charge in [0, 0.05) is 31.0 Å². The number of aryl methyl sites for hydroxylation is 1. The fourth-order valence-corrected chi connectivity index (χ4v) is 3.62. The molecule has 1 aliphatic heterocycles. The number of tetrazole rings is 1. The molecule has 8 heteroatoms. The molecule has 154 valence electrons. The van der Waals surface area contributed by atoms with E-state index in [0.29, 0.717) is 37.4 Å². The van der Waals surface area contributed by atoms with Crippen molar-refractivity contribution in [3.8, 4) is 11.5 Å². The molecule has 1 fully saturated rings. The summed E-state index contributed by atoms with van der Waals surface area (Å²) in [5.41, 5.74) is 0.642. The maximum absolute atomic E-state index is 13.0. The lowest BCUT2D eigenvalue weighted by atomic mass is 9.90. The molecule has 1 amide bonds. The highest BCUT2D eigenvalue weighted by Crippen LogP contribution is 2.25. The van der Waals surface area contributed by atoms with Crippen molar-refractivity contribution < 1.29 is 14.3 Å². The predicted molar refractivity (Wildman–Crippen MR) is 109 cm³/mol. The quantitative estimate of drug-likeness (QED) is 0.562. The summed E-state index contributed by atoms with van der Waals surface area (Å²) in [6.07, 6.45) is 3.42. The maximum atomic E-state index is 13.0. The van der Waals surface area contributed by atoms with E-state index in [1.807, 2.05) is 30.3 Å². The second-order valence-corrected chi connectivity index (χ2v) is 7.31. The highest BCUT2D eigenvalue weighted by Gasteiger charge is 2.28. The fraction of sp³-hybridized carbons (Fsp3) is 0.318. The Morgan fingerprint density at radius 1 is 1.03 bits per heavy atom. The highest BCUT2D eigenvalue weighted by atomic mass is 16.5. The molecular formula is C22H23N5O3. The second kappa shape index (κ2) is 9.30. The number of carbonyl (C=O) groups is 2. The Morgan fingerprint density at radius 3 is 2.53 bits per heavy atom. The summed E-state index contributed by atoms with van der Waals surface area (Å²) in [6.45, 7) is 1.57. The zero-order chi connectivity index (χ0) is 20.8. The van der Waals surface area contributed by atoms with Gasteiger partial charge in [0.2, 0.25) is 5.91 Å². The summed E-state index contributed by atoms with van der Waals surface area (Å²) < 4.78 is 7.32. The average molecular weight is 405 g/mol. The number of likely N-dealkylation sites (tertiary alicyclic amines) is 1. The summed E-state index contributed by atoms with van der Waals surface area (Å²) in [5, 5.41) is 10.9. The van der Waals surface area contributed by atoms with Gasteiger partial charge in [-0.1, -0.05) is 18.2 Å². The summed E-state index contributed by atoms with van der Waals surface area (Å²) in [4.78, 5) is 27.3. The van der Waals surface area contributed by atoms with Gasteiger partial charge >= 0.3 is 0 Å². The smallest absolute Gasteiger partial charge is 0.224 e. The molecule has 8 nitrogen and oxygen atoms in total. The third-order valence-electron chi connectivity index (χ3n) is 5.21. The standard InChI is InChI=1S/C22H23N5O3/c28-21(12-14-27-16-23-24-25-27)26-13-4-5-18(15-26)22(29)17-8-10-20(11-9-17)30-19-6-2-1-3-7-19/h1-3,6-11,16,18H,4-5,12-15H2/t18-/m1/s1. The van der Waals surface area contributed by atoms with Crippen LogP contribution in [-0.4, -0.2) is 49.9 Å². The van der Waals surface area contributed by atoms with Gasteiger partial charge < -0.3 is 9.64 Å². The van der Waals surface area contributed by atoms with Crippen LogP contribution < -0.4 is 4.74 Å². The average Bonchev–Trinajstić information content (AvgIpc) is 3.32. The van der Waals surface area contributed by atoms with Crippen LogP contribution in [0.5, 0.6) is 11.5 Å². The molecular weight excluding hydrogens is 382 g/mol. The van der Waals surface area contributed by atoms with Gasteiger partial charge in [-0.2, -0.15) is 0 Å². The molecule has 2 aromatic carbocycles. The number of ketones is 1. The minimum atomic E-state index is -0.184. The number of ether oxygens (including phenoxy) is 1. The van der Waals surface area contributed by atoms with E-state index in [9.17, 15) is 9.59 Å². The Morgan fingerprint density at radius 2 is 1.80 bits per heavy atom. The summed E-state index contributed by atoms with van der Waals surface area (Å²) in [6, 6.07) is 16.7. The summed E-state index contributed by atoms with van der Waals surface area (Å²) >= 11 is 0. The molecule has 0 bridgehead atoms. The van der Waals surface area contributed by atoms with Gasteiger partial charge in [0.05, 0.1) is 6.54 Å². The first-order valence-corrected chi connectivity index (χ1v) is 10.0. The third-order valence-corrected chi connectivity index (χ3v) is 5.21. The number of carbonyl (C=O) groups excluding carboxylic acids is 2. The van der Waals surface area contributed by atoms with Crippen molar-refractivity contribution in [3.63, 3.8) is 0 Å². The Hall–Kier alpha value is -3.55. The highest BCUT2D eigenvalue weighted by molar-refractivity contribution is 5.98. The number of aromatic nitrogens is 4. The van der Waals surface area contributed by atoms with Crippen LogP contribution in [0.4, 0.5) is 0 Å². The van der Waals surface area contributed by atoms with Crippen molar-refractivity contribution in [3.05, 3.63) is 66.5 Å². The SMILES string of the molecule is O=C(c1ccc(Oc2ccccc2)cc1)[C@@H]1CCCN(C(=O)CCn2cnnn2)C1. The van der Waals surface area contributed by atoms with Crippen LogP contribution in [0.25, 0.3) is 0 Å². The van der Waals surface area contributed by atoms with Gasteiger partial charge in [0.15, 0.2) is 5.78 Å². The van der Waals surface area contributed by atoms with E-state index in [1.54, 1.807) is 29.2 Å². The summed E-state index contributed by atoms with van der Waals surface area (Å²) in [7, 11) is 0. The molecule has 30 heavy (non-hydrogen) atoms. The van der Waals surface area contributed by atoms with Gasteiger partial charge in [-0.15, -0.1) is 5.10 Å². The van der Waals surface area contributed by atoms with Crippen LogP contribution in [0.3, 0.4) is 0 Å². The third kappa shape index (κ3) is 4.89. The number of hydrogen-bond donors (Lipinski definition) is 0. The molecule has 1 aliphatic rings. The Kier molecular flexibility index (Phi) is 6.12. The maximum Gasteiger partial charge on any atom is 0.224 e. The molecule has 3 aromatic rings. The lowest BCUT2D eigenvalue weighted by molar-refractivity contribution is -0.132. The van der Waals surface area contributed by atoms with Gasteiger partial charge in [-0.25, -0.2) is 4.68 Å². The number of benzene rings is 2. The molecule has 0 unspecified atom stereocenters. The van der Waals surface area contributed by atoms with Gasteiger partial charge in [-0.05, 0) is 59.7 Å².